The Morgan fingerprint density at radius 3 is 2.93 bits per heavy atom. The molecule has 0 aliphatic carbocycles. The van der Waals surface area contributed by atoms with E-state index >= 15 is 0 Å². The number of nitrogens with two attached hydrogens (primary N) is 1. The molecule has 2 aliphatic rings. The average Bonchev–Trinajstić information content (AvgIpc) is 2.41. The predicted molar refractivity (Wildman–Crippen MR) is 56.5 cm³/mol. The fourth-order valence-corrected chi connectivity index (χ4v) is 2.27. The first-order valence-electron chi connectivity index (χ1n) is 5.37. The summed E-state index contributed by atoms with van der Waals surface area (Å²) >= 11 is 0. The minimum Gasteiger partial charge on any atom is -0.382 e. The smallest absolute Gasteiger partial charge is 0.149 e. The Labute approximate surface area is 88.8 Å². The topological polar surface area (TPSA) is 56.3 Å². The van der Waals surface area contributed by atoms with Crippen molar-refractivity contribution in [2.45, 2.75) is 19.0 Å². The molecule has 1 fully saturated rings. The molecule has 1 aromatic heterocycles. The first-order valence-corrected chi connectivity index (χ1v) is 5.37. The summed E-state index contributed by atoms with van der Waals surface area (Å²) in [5.74, 6) is 0.713. The highest BCUT2D eigenvalue weighted by Gasteiger charge is 2.29. The van der Waals surface area contributed by atoms with E-state index in [1.54, 1.807) is 0 Å². The third-order valence-corrected chi connectivity index (χ3v) is 3.28. The zero-order valence-electron chi connectivity index (χ0n) is 8.94. The van der Waals surface area contributed by atoms with Crippen molar-refractivity contribution in [1.82, 2.24) is 14.7 Å². The van der Waals surface area contributed by atoms with Crippen LogP contribution in [0.5, 0.6) is 0 Å². The first-order chi connectivity index (χ1) is 7.25. The molecule has 82 valence electrons. The van der Waals surface area contributed by atoms with Crippen LogP contribution in [0.2, 0.25) is 0 Å². The number of likely N-dealkylation sites (N-methyl/N-ethyl adjacent to an activating group) is 1. The van der Waals surface area contributed by atoms with Gasteiger partial charge in [-0.05, 0) is 13.5 Å². The summed E-state index contributed by atoms with van der Waals surface area (Å²) in [6, 6.07) is 0.405. The monoisotopic (exact) mass is 208 g/mol. The molecule has 1 aromatic rings. The number of aromatic nitrogens is 2. The normalized spacial score (nSPS) is 22.5. The number of nitrogen functional groups attached to an aromatic ring is 1. The lowest BCUT2D eigenvalue weighted by molar-refractivity contribution is -0.0305. The summed E-state index contributed by atoms with van der Waals surface area (Å²) < 4.78 is 7.27. The first kappa shape index (κ1) is 9.18. The van der Waals surface area contributed by atoms with Gasteiger partial charge in [-0.15, -0.1) is 0 Å². The summed E-state index contributed by atoms with van der Waals surface area (Å²) in [6.07, 6.45) is 1.02. The largest absolute Gasteiger partial charge is 0.382 e. The van der Waals surface area contributed by atoms with Crippen LogP contribution in [-0.4, -0.2) is 41.5 Å². The van der Waals surface area contributed by atoms with Crippen molar-refractivity contribution >= 4 is 5.82 Å². The van der Waals surface area contributed by atoms with Crippen LogP contribution in [0.15, 0.2) is 0 Å². The predicted octanol–water partition coefficient (Wildman–Crippen LogP) is 0.0245. The number of nitrogens with zero attached hydrogens (tertiary/aromatic N) is 3. The summed E-state index contributed by atoms with van der Waals surface area (Å²) in [5, 5.41) is 4.44. The summed E-state index contributed by atoms with van der Waals surface area (Å²) in [4.78, 5) is 2.31. The molecule has 5 nitrogen and oxygen atoms in total. The van der Waals surface area contributed by atoms with Gasteiger partial charge in [-0.1, -0.05) is 0 Å². The van der Waals surface area contributed by atoms with Crippen LogP contribution in [0.3, 0.4) is 0 Å². The van der Waals surface area contributed by atoms with Gasteiger partial charge in [0.2, 0.25) is 0 Å². The third-order valence-electron chi connectivity index (χ3n) is 3.28. The fraction of sp³-hybridized carbons (Fsp3) is 0.700. The molecule has 0 bridgehead atoms. The minimum atomic E-state index is 0.405. The van der Waals surface area contributed by atoms with Gasteiger partial charge in [-0.25, -0.2) is 0 Å². The van der Waals surface area contributed by atoms with E-state index in [1.807, 2.05) is 0 Å². The molecule has 3 heterocycles. The van der Waals surface area contributed by atoms with Crippen molar-refractivity contribution < 1.29 is 4.74 Å². The van der Waals surface area contributed by atoms with Crippen molar-refractivity contribution in [3.63, 3.8) is 0 Å². The fourth-order valence-electron chi connectivity index (χ4n) is 2.27. The maximum absolute atomic E-state index is 5.93. The quantitative estimate of drug-likeness (QED) is 0.707. The molecule has 0 amide bonds. The van der Waals surface area contributed by atoms with Crippen molar-refractivity contribution in [3.05, 3.63) is 11.3 Å². The highest BCUT2D eigenvalue weighted by Crippen LogP contribution is 2.28. The number of fused-ring (bicyclic) bond motifs is 1. The minimum absolute atomic E-state index is 0.405. The van der Waals surface area contributed by atoms with Gasteiger partial charge in [0.05, 0.1) is 24.9 Å². The van der Waals surface area contributed by atoms with Gasteiger partial charge in [-0.3, -0.25) is 4.68 Å². The molecule has 3 rings (SSSR count). The highest BCUT2D eigenvalue weighted by molar-refractivity contribution is 5.44. The van der Waals surface area contributed by atoms with E-state index in [9.17, 15) is 0 Å². The summed E-state index contributed by atoms with van der Waals surface area (Å²) in [6.45, 7) is 3.58. The second-order valence-corrected chi connectivity index (χ2v) is 4.43. The molecule has 0 aromatic carbocycles. The lowest BCUT2D eigenvalue weighted by Gasteiger charge is -2.30. The number of rotatable bonds is 1. The van der Waals surface area contributed by atoms with Crippen LogP contribution in [0, 0.1) is 0 Å². The molecule has 1 saturated heterocycles. The van der Waals surface area contributed by atoms with Crippen LogP contribution in [0.4, 0.5) is 5.82 Å². The number of hydrogen-bond acceptors (Lipinski definition) is 4. The highest BCUT2D eigenvalue weighted by atomic mass is 16.5. The summed E-state index contributed by atoms with van der Waals surface area (Å²) in [5.41, 5.74) is 8.47. The molecule has 0 unspecified atom stereocenters. The number of anilines is 1. The second-order valence-electron chi connectivity index (χ2n) is 4.43. The van der Waals surface area contributed by atoms with E-state index in [4.69, 9.17) is 10.5 Å². The van der Waals surface area contributed by atoms with Gasteiger partial charge in [-0.2, -0.15) is 5.10 Å². The molecule has 5 heteroatoms. The van der Waals surface area contributed by atoms with Gasteiger partial charge in [0.1, 0.15) is 5.82 Å². The van der Waals surface area contributed by atoms with Gasteiger partial charge in [0, 0.05) is 18.7 Å². The Kier molecular flexibility index (Phi) is 1.97. The maximum atomic E-state index is 5.93. The Hall–Kier alpha value is -1.07. The van der Waals surface area contributed by atoms with Crippen molar-refractivity contribution in [2.75, 3.05) is 32.5 Å². The Bertz CT molecular complexity index is 383. The van der Waals surface area contributed by atoms with Gasteiger partial charge >= 0.3 is 0 Å². The Balaban J connectivity index is 2.00. The van der Waals surface area contributed by atoms with Gasteiger partial charge < -0.3 is 15.4 Å². The SMILES string of the molecule is CN1CCc2c(N)nn(C3COC3)c2C1. The zero-order valence-corrected chi connectivity index (χ0v) is 8.94. The van der Waals surface area contributed by atoms with Gasteiger partial charge in [0.15, 0.2) is 0 Å². The van der Waals surface area contributed by atoms with E-state index in [2.05, 4.69) is 21.7 Å². The van der Waals surface area contributed by atoms with E-state index < -0.39 is 0 Å². The zero-order chi connectivity index (χ0) is 10.4. The van der Waals surface area contributed by atoms with Crippen LogP contribution in [-0.2, 0) is 17.7 Å². The molecule has 2 aliphatic heterocycles. The average molecular weight is 208 g/mol. The van der Waals surface area contributed by atoms with Crippen molar-refractivity contribution in [1.29, 1.82) is 0 Å². The van der Waals surface area contributed by atoms with Gasteiger partial charge in [0.25, 0.3) is 0 Å². The van der Waals surface area contributed by atoms with E-state index in [-0.39, 0.29) is 0 Å². The van der Waals surface area contributed by atoms with Crippen LogP contribution in [0.25, 0.3) is 0 Å². The van der Waals surface area contributed by atoms with Crippen LogP contribution >= 0.6 is 0 Å². The van der Waals surface area contributed by atoms with E-state index in [1.165, 1.54) is 11.3 Å². The second kappa shape index (κ2) is 3.21. The number of ether oxygens (including phenoxy) is 1. The molecule has 0 saturated carbocycles. The Morgan fingerprint density at radius 1 is 1.47 bits per heavy atom. The molecule has 0 spiro atoms. The van der Waals surface area contributed by atoms with Crippen molar-refractivity contribution in [2.24, 2.45) is 0 Å². The van der Waals surface area contributed by atoms with E-state index in [0.29, 0.717) is 11.9 Å². The van der Waals surface area contributed by atoms with Crippen molar-refractivity contribution in [3.8, 4) is 0 Å². The maximum Gasteiger partial charge on any atom is 0.149 e. The third kappa shape index (κ3) is 1.34. The molecule has 0 radical (unpaired) electrons. The number of hydrogen-bond donors (Lipinski definition) is 1. The molecular weight excluding hydrogens is 192 g/mol. The van der Waals surface area contributed by atoms with Crippen LogP contribution in [0.1, 0.15) is 17.3 Å². The lowest BCUT2D eigenvalue weighted by atomic mass is 10.1. The van der Waals surface area contributed by atoms with Crippen LogP contribution < -0.4 is 5.73 Å². The summed E-state index contributed by atoms with van der Waals surface area (Å²) in [7, 11) is 2.13. The van der Waals surface area contributed by atoms with E-state index in [0.717, 1.165) is 32.7 Å². The lowest BCUT2D eigenvalue weighted by Crippen LogP contribution is -2.35. The Morgan fingerprint density at radius 2 is 2.27 bits per heavy atom. The molecule has 2 N–H and O–H groups in total. The molecule has 15 heavy (non-hydrogen) atoms. The molecular formula is C10H16N4O. The molecule has 0 atom stereocenters. The standard InChI is InChI=1S/C10H16N4O/c1-13-3-2-8-9(4-13)14(12-10(8)11)7-5-15-6-7/h7H,2-6H2,1H3,(H2,11,12).